The molecule has 3 rings (SSSR count). The fraction of sp³-hybridized carbons (Fsp3) is 0.391. The first-order chi connectivity index (χ1) is 14.2. The van der Waals surface area contributed by atoms with Gasteiger partial charge in [-0.05, 0) is 56.5 Å². The number of aliphatic imine (C=N–C) groups is 1. The molecular formula is C23H25F3N2O2. The Morgan fingerprint density at radius 3 is 2.33 bits per heavy atom. The van der Waals surface area contributed by atoms with Crippen LogP contribution in [-0.4, -0.2) is 35.7 Å². The summed E-state index contributed by atoms with van der Waals surface area (Å²) in [6, 6.07) is 14.4. The van der Waals surface area contributed by atoms with Crippen molar-refractivity contribution in [3.8, 4) is 5.75 Å². The summed E-state index contributed by atoms with van der Waals surface area (Å²) in [4.78, 5) is 19.1. The summed E-state index contributed by atoms with van der Waals surface area (Å²) < 4.78 is 43.4. The summed E-state index contributed by atoms with van der Waals surface area (Å²) in [5, 5.41) is 0. The predicted octanol–water partition coefficient (Wildman–Crippen LogP) is 5.30. The number of alkyl halides is 3. The fourth-order valence-corrected chi connectivity index (χ4v) is 3.20. The van der Waals surface area contributed by atoms with Crippen LogP contribution in [0.25, 0.3) is 0 Å². The number of halogens is 3. The summed E-state index contributed by atoms with van der Waals surface area (Å²) >= 11 is 0. The second-order valence-corrected chi connectivity index (χ2v) is 7.51. The summed E-state index contributed by atoms with van der Waals surface area (Å²) in [5.41, 5.74) is 1.20. The Labute approximate surface area is 174 Å². The molecular weight excluding hydrogens is 393 g/mol. The molecule has 0 aromatic heterocycles. The van der Waals surface area contributed by atoms with E-state index in [9.17, 15) is 18.0 Å². The van der Waals surface area contributed by atoms with E-state index >= 15 is 0 Å². The molecule has 1 saturated carbocycles. The third kappa shape index (κ3) is 6.08. The van der Waals surface area contributed by atoms with Gasteiger partial charge >= 0.3 is 6.18 Å². The molecule has 1 amide bonds. The molecule has 1 aliphatic rings. The van der Waals surface area contributed by atoms with Crippen LogP contribution in [0.3, 0.4) is 0 Å². The van der Waals surface area contributed by atoms with Crippen molar-refractivity contribution in [3.63, 3.8) is 0 Å². The predicted molar refractivity (Wildman–Crippen MR) is 110 cm³/mol. The minimum Gasteiger partial charge on any atom is -0.484 e. The average molecular weight is 418 g/mol. The molecule has 160 valence electrons. The molecule has 0 aliphatic heterocycles. The molecule has 2 aromatic rings. The molecule has 2 aromatic carbocycles. The molecule has 1 fully saturated rings. The Kier molecular flexibility index (Phi) is 6.80. The maximum absolute atomic E-state index is 12.7. The molecule has 0 saturated heterocycles. The number of hydrogen-bond acceptors (Lipinski definition) is 3. The van der Waals surface area contributed by atoms with E-state index in [4.69, 9.17) is 9.73 Å². The van der Waals surface area contributed by atoms with Gasteiger partial charge in [0.1, 0.15) is 5.75 Å². The third-order valence-electron chi connectivity index (χ3n) is 4.95. The summed E-state index contributed by atoms with van der Waals surface area (Å²) in [5.74, 6) is 0.0366. The van der Waals surface area contributed by atoms with Gasteiger partial charge in [-0.1, -0.05) is 30.3 Å². The Balaban J connectivity index is 1.58. The molecule has 0 bridgehead atoms. The average Bonchev–Trinajstić information content (AvgIpc) is 3.55. The van der Waals surface area contributed by atoms with E-state index < -0.39 is 11.7 Å². The largest absolute Gasteiger partial charge is 0.484 e. The summed E-state index contributed by atoms with van der Waals surface area (Å²) in [6.07, 6.45) is -2.52. The first-order valence-electron chi connectivity index (χ1n) is 9.92. The quantitative estimate of drug-likeness (QED) is 0.546. The second kappa shape index (κ2) is 9.32. The highest BCUT2D eigenvalue weighted by Gasteiger charge is 2.33. The highest BCUT2D eigenvalue weighted by atomic mass is 19.4. The van der Waals surface area contributed by atoms with Crippen molar-refractivity contribution in [2.75, 3.05) is 13.2 Å². The third-order valence-corrected chi connectivity index (χ3v) is 4.95. The van der Waals surface area contributed by atoms with E-state index in [1.807, 2.05) is 44.2 Å². The Morgan fingerprint density at radius 1 is 1.13 bits per heavy atom. The van der Waals surface area contributed by atoms with Gasteiger partial charge in [-0.15, -0.1) is 0 Å². The molecule has 30 heavy (non-hydrogen) atoms. The molecule has 0 heterocycles. The van der Waals surface area contributed by atoms with Crippen molar-refractivity contribution in [1.29, 1.82) is 0 Å². The van der Waals surface area contributed by atoms with E-state index in [1.54, 1.807) is 4.90 Å². The summed E-state index contributed by atoms with van der Waals surface area (Å²) in [7, 11) is 0. The Bertz CT molecular complexity index is 876. The SMILES string of the molecule is CC(CN(C(=O)COc1ccc(C(F)(F)F)cc1)C1CC1)=NC(C)c1ccccc1. The lowest BCUT2D eigenvalue weighted by molar-refractivity contribution is -0.137. The van der Waals surface area contributed by atoms with Crippen molar-refractivity contribution in [2.24, 2.45) is 4.99 Å². The van der Waals surface area contributed by atoms with Crippen LogP contribution in [-0.2, 0) is 11.0 Å². The lowest BCUT2D eigenvalue weighted by Crippen LogP contribution is -2.39. The molecule has 1 aliphatic carbocycles. The second-order valence-electron chi connectivity index (χ2n) is 7.51. The zero-order chi connectivity index (χ0) is 21.7. The van der Waals surface area contributed by atoms with Crippen molar-refractivity contribution >= 4 is 11.6 Å². The van der Waals surface area contributed by atoms with Crippen LogP contribution in [0.2, 0.25) is 0 Å². The molecule has 1 atom stereocenters. The van der Waals surface area contributed by atoms with Gasteiger partial charge in [-0.25, -0.2) is 0 Å². The van der Waals surface area contributed by atoms with Crippen LogP contribution in [0.15, 0.2) is 59.6 Å². The molecule has 0 spiro atoms. The zero-order valence-electron chi connectivity index (χ0n) is 17.0. The number of nitrogens with zero attached hydrogens (tertiary/aromatic N) is 2. The lowest BCUT2D eigenvalue weighted by atomic mass is 10.1. The first kappa shape index (κ1) is 21.9. The van der Waals surface area contributed by atoms with Gasteiger partial charge in [-0.2, -0.15) is 13.2 Å². The molecule has 0 radical (unpaired) electrons. The van der Waals surface area contributed by atoms with Crippen molar-refractivity contribution < 1.29 is 22.7 Å². The van der Waals surface area contributed by atoms with Gasteiger partial charge in [0.25, 0.3) is 5.91 Å². The normalized spacial score (nSPS) is 15.6. The van der Waals surface area contributed by atoms with Crippen LogP contribution in [0.5, 0.6) is 5.75 Å². The van der Waals surface area contributed by atoms with E-state index in [0.29, 0.717) is 6.54 Å². The number of hydrogen-bond donors (Lipinski definition) is 0. The fourth-order valence-electron chi connectivity index (χ4n) is 3.20. The molecule has 7 heteroatoms. The highest BCUT2D eigenvalue weighted by molar-refractivity contribution is 5.89. The first-order valence-corrected chi connectivity index (χ1v) is 9.92. The van der Waals surface area contributed by atoms with E-state index in [1.165, 1.54) is 12.1 Å². The van der Waals surface area contributed by atoms with Crippen molar-refractivity contribution in [1.82, 2.24) is 4.90 Å². The zero-order valence-corrected chi connectivity index (χ0v) is 17.0. The van der Waals surface area contributed by atoms with Gasteiger partial charge in [0.05, 0.1) is 18.2 Å². The van der Waals surface area contributed by atoms with Crippen LogP contribution in [0, 0.1) is 0 Å². The van der Waals surface area contributed by atoms with Crippen molar-refractivity contribution in [2.45, 2.75) is 44.9 Å². The molecule has 1 unspecified atom stereocenters. The van der Waals surface area contributed by atoms with Crippen LogP contribution in [0.4, 0.5) is 13.2 Å². The lowest BCUT2D eigenvalue weighted by Gasteiger charge is -2.23. The number of carbonyl (C=O) groups excluding carboxylic acids is 1. The minimum atomic E-state index is -4.40. The van der Waals surface area contributed by atoms with Gasteiger partial charge in [0.15, 0.2) is 6.61 Å². The number of carbonyl (C=O) groups is 1. The number of benzene rings is 2. The number of amides is 1. The topological polar surface area (TPSA) is 41.9 Å². The molecule has 0 N–H and O–H groups in total. The standard InChI is InChI=1S/C23H25F3N2O2/c1-16(27-17(2)18-6-4-3-5-7-18)14-28(20-10-11-20)22(29)15-30-21-12-8-19(9-13-21)23(24,25)26/h3-9,12-13,17,20H,10-11,14-15H2,1-2H3. The van der Waals surface area contributed by atoms with E-state index in [0.717, 1.165) is 36.2 Å². The summed E-state index contributed by atoms with van der Waals surface area (Å²) in [6.45, 7) is 4.11. The van der Waals surface area contributed by atoms with Crippen LogP contribution in [0.1, 0.15) is 43.9 Å². The Morgan fingerprint density at radius 2 is 1.77 bits per heavy atom. The molecule has 4 nitrogen and oxygen atoms in total. The van der Waals surface area contributed by atoms with Crippen LogP contribution < -0.4 is 4.74 Å². The number of ether oxygens (including phenoxy) is 1. The monoisotopic (exact) mass is 418 g/mol. The van der Waals surface area contributed by atoms with Gasteiger partial charge < -0.3 is 9.64 Å². The maximum Gasteiger partial charge on any atom is 0.416 e. The minimum absolute atomic E-state index is 0.00856. The van der Waals surface area contributed by atoms with Crippen LogP contribution >= 0.6 is 0 Å². The maximum atomic E-state index is 12.7. The highest BCUT2D eigenvalue weighted by Crippen LogP contribution is 2.30. The van der Waals surface area contributed by atoms with E-state index in [-0.39, 0.29) is 30.3 Å². The van der Waals surface area contributed by atoms with Crippen molar-refractivity contribution in [3.05, 3.63) is 65.7 Å². The Hall–Kier alpha value is -2.83. The van der Waals surface area contributed by atoms with Gasteiger partial charge in [-0.3, -0.25) is 9.79 Å². The van der Waals surface area contributed by atoms with E-state index in [2.05, 4.69) is 0 Å². The number of rotatable bonds is 8. The van der Waals surface area contributed by atoms with Gasteiger partial charge in [0.2, 0.25) is 0 Å². The smallest absolute Gasteiger partial charge is 0.416 e. The van der Waals surface area contributed by atoms with Gasteiger partial charge in [0, 0.05) is 11.8 Å².